The predicted molar refractivity (Wildman–Crippen MR) is 73.6 cm³/mol. The van der Waals surface area contributed by atoms with Gasteiger partial charge in [0.15, 0.2) is 0 Å². The van der Waals surface area contributed by atoms with Gasteiger partial charge in [0, 0.05) is 0 Å². The number of esters is 1. The van der Waals surface area contributed by atoms with Crippen molar-refractivity contribution in [3.63, 3.8) is 0 Å². The number of carbonyl (C=O) groups excluding carboxylic acids is 1. The zero-order valence-electron chi connectivity index (χ0n) is 11.0. The summed E-state index contributed by atoms with van der Waals surface area (Å²) in [6.45, 7) is 3.73. The van der Waals surface area contributed by atoms with Gasteiger partial charge in [-0.25, -0.2) is 4.79 Å². The fourth-order valence-corrected chi connectivity index (χ4v) is 1.89. The molecule has 0 heterocycles. The van der Waals surface area contributed by atoms with Gasteiger partial charge in [-0.2, -0.15) is 0 Å². The second-order valence-electron chi connectivity index (χ2n) is 4.36. The van der Waals surface area contributed by atoms with Crippen LogP contribution in [0.5, 0.6) is 11.5 Å². The van der Waals surface area contributed by atoms with Gasteiger partial charge < -0.3 is 9.84 Å². The van der Waals surface area contributed by atoms with Crippen LogP contribution in [0.3, 0.4) is 0 Å². The molecule has 0 aliphatic rings. The van der Waals surface area contributed by atoms with Crippen LogP contribution < -0.4 is 4.74 Å². The molecule has 1 N–H and O–H groups in total. The van der Waals surface area contributed by atoms with Gasteiger partial charge in [-0.3, -0.25) is 0 Å². The van der Waals surface area contributed by atoms with Crippen molar-refractivity contribution in [3.8, 4) is 11.5 Å². The molecule has 2 aromatic rings. The predicted octanol–water partition coefficient (Wildman–Crippen LogP) is 3.48. The Morgan fingerprint density at radius 2 is 1.89 bits per heavy atom. The first-order valence-corrected chi connectivity index (χ1v) is 6.21. The van der Waals surface area contributed by atoms with Crippen molar-refractivity contribution in [2.45, 2.75) is 20.3 Å². The summed E-state index contributed by atoms with van der Waals surface area (Å²) >= 11 is 0. The Hall–Kier alpha value is -2.29. The molecule has 0 fully saturated rings. The van der Waals surface area contributed by atoms with E-state index >= 15 is 0 Å². The summed E-state index contributed by atoms with van der Waals surface area (Å²) in [5.41, 5.74) is 1.98. The first-order chi connectivity index (χ1) is 9.11. The zero-order valence-corrected chi connectivity index (χ0v) is 11.0. The van der Waals surface area contributed by atoms with Gasteiger partial charge in [-0.05, 0) is 48.7 Å². The number of carbonyl (C=O) groups is 1. The van der Waals surface area contributed by atoms with E-state index in [-0.39, 0.29) is 5.75 Å². The summed E-state index contributed by atoms with van der Waals surface area (Å²) < 4.78 is 5.33. The summed E-state index contributed by atoms with van der Waals surface area (Å²) in [6, 6.07) is 12.2. The minimum atomic E-state index is -0.396. The van der Waals surface area contributed by atoms with E-state index in [1.807, 2.05) is 13.0 Å². The Morgan fingerprint density at radius 3 is 2.53 bits per heavy atom. The molecule has 0 saturated carbocycles. The molecule has 0 radical (unpaired) electrons. The number of benzene rings is 2. The molecule has 2 rings (SSSR count). The molecule has 0 saturated heterocycles. The maximum absolute atomic E-state index is 11.9. The number of phenolic OH excluding ortho intramolecular Hbond substituents is 1. The summed E-state index contributed by atoms with van der Waals surface area (Å²) in [7, 11) is 0. The molecule has 19 heavy (non-hydrogen) atoms. The van der Waals surface area contributed by atoms with Crippen LogP contribution in [0.2, 0.25) is 0 Å². The smallest absolute Gasteiger partial charge is 0.343 e. The lowest BCUT2D eigenvalue weighted by Gasteiger charge is -2.10. The van der Waals surface area contributed by atoms with E-state index in [0.717, 1.165) is 5.56 Å². The maximum Gasteiger partial charge on any atom is 0.343 e. The Bertz CT molecular complexity index is 588. The molecular formula is C16H16O3. The molecule has 2 aromatic carbocycles. The van der Waals surface area contributed by atoms with Gasteiger partial charge in [0.1, 0.15) is 11.5 Å². The molecule has 0 unspecified atom stereocenters. The van der Waals surface area contributed by atoms with Crippen LogP contribution >= 0.6 is 0 Å². The van der Waals surface area contributed by atoms with Crippen LogP contribution in [0.1, 0.15) is 28.4 Å². The van der Waals surface area contributed by atoms with E-state index in [9.17, 15) is 9.90 Å². The molecule has 0 aliphatic heterocycles. The molecule has 3 heteroatoms. The molecule has 98 valence electrons. The first kappa shape index (κ1) is 13.1. The Balaban J connectivity index is 2.25. The van der Waals surface area contributed by atoms with Gasteiger partial charge in [0.2, 0.25) is 0 Å². The number of hydrogen-bond donors (Lipinski definition) is 1. The average Bonchev–Trinajstić information content (AvgIpc) is 2.43. The topological polar surface area (TPSA) is 46.5 Å². The standard InChI is InChI=1S/C16H16O3/c1-3-12-10-14(9-11(2)15(12)17)19-16(18)13-7-5-4-6-8-13/h4-10,17H,3H2,1-2H3. The van der Waals surface area contributed by atoms with E-state index < -0.39 is 5.97 Å². The lowest BCUT2D eigenvalue weighted by atomic mass is 10.1. The monoisotopic (exact) mass is 256 g/mol. The lowest BCUT2D eigenvalue weighted by molar-refractivity contribution is 0.0734. The fourth-order valence-electron chi connectivity index (χ4n) is 1.89. The van der Waals surface area contributed by atoms with E-state index in [1.54, 1.807) is 43.3 Å². The third kappa shape index (κ3) is 2.94. The van der Waals surface area contributed by atoms with Crippen LogP contribution in [0, 0.1) is 6.92 Å². The molecule has 0 amide bonds. The quantitative estimate of drug-likeness (QED) is 0.675. The van der Waals surface area contributed by atoms with Gasteiger partial charge in [-0.1, -0.05) is 25.1 Å². The third-order valence-electron chi connectivity index (χ3n) is 2.95. The van der Waals surface area contributed by atoms with Crippen LogP contribution in [0.4, 0.5) is 0 Å². The van der Waals surface area contributed by atoms with Gasteiger partial charge in [0.25, 0.3) is 0 Å². The molecule has 0 bridgehead atoms. The van der Waals surface area contributed by atoms with Crippen molar-refractivity contribution in [1.82, 2.24) is 0 Å². The number of ether oxygens (including phenoxy) is 1. The van der Waals surface area contributed by atoms with Crippen LogP contribution in [0.25, 0.3) is 0 Å². The van der Waals surface area contributed by atoms with Crippen molar-refractivity contribution in [1.29, 1.82) is 0 Å². The first-order valence-electron chi connectivity index (χ1n) is 6.21. The van der Waals surface area contributed by atoms with Gasteiger partial charge in [0.05, 0.1) is 5.56 Å². The van der Waals surface area contributed by atoms with Gasteiger partial charge in [-0.15, -0.1) is 0 Å². The third-order valence-corrected chi connectivity index (χ3v) is 2.95. The number of rotatable bonds is 3. The number of phenols is 1. The Labute approximate surface area is 112 Å². The van der Waals surface area contributed by atoms with Crippen LogP contribution in [-0.4, -0.2) is 11.1 Å². The summed E-state index contributed by atoms with van der Waals surface area (Å²) in [5.74, 6) is 0.329. The van der Waals surface area contributed by atoms with Crippen molar-refractivity contribution in [2.75, 3.05) is 0 Å². The normalized spacial score (nSPS) is 10.2. The highest BCUT2D eigenvalue weighted by Crippen LogP contribution is 2.28. The second-order valence-corrected chi connectivity index (χ2v) is 4.36. The largest absolute Gasteiger partial charge is 0.507 e. The number of aryl methyl sites for hydroxylation is 2. The average molecular weight is 256 g/mol. The highest BCUT2D eigenvalue weighted by Gasteiger charge is 2.11. The molecule has 0 spiro atoms. The summed E-state index contributed by atoms with van der Waals surface area (Å²) in [5, 5.41) is 9.83. The molecule has 3 nitrogen and oxygen atoms in total. The van der Waals surface area contributed by atoms with Crippen molar-refractivity contribution in [2.24, 2.45) is 0 Å². The number of aromatic hydroxyl groups is 1. The fraction of sp³-hybridized carbons (Fsp3) is 0.188. The lowest BCUT2D eigenvalue weighted by Crippen LogP contribution is -2.08. The SMILES string of the molecule is CCc1cc(OC(=O)c2ccccc2)cc(C)c1O. The number of hydrogen-bond acceptors (Lipinski definition) is 3. The Morgan fingerprint density at radius 1 is 1.21 bits per heavy atom. The van der Waals surface area contributed by atoms with Crippen LogP contribution in [0.15, 0.2) is 42.5 Å². The van der Waals surface area contributed by atoms with Gasteiger partial charge >= 0.3 is 5.97 Å². The van der Waals surface area contributed by atoms with Crippen molar-refractivity contribution >= 4 is 5.97 Å². The van der Waals surface area contributed by atoms with E-state index in [0.29, 0.717) is 23.3 Å². The zero-order chi connectivity index (χ0) is 13.8. The molecule has 0 atom stereocenters. The van der Waals surface area contributed by atoms with E-state index in [4.69, 9.17) is 4.74 Å². The van der Waals surface area contributed by atoms with E-state index in [2.05, 4.69) is 0 Å². The summed E-state index contributed by atoms with van der Waals surface area (Å²) in [4.78, 5) is 11.9. The maximum atomic E-state index is 11.9. The second kappa shape index (κ2) is 5.57. The van der Waals surface area contributed by atoms with Crippen molar-refractivity contribution < 1.29 is 14.6 Å². The highest BCUT2D eigenvalue weighted by atomic mass is 16.5. The minimum absolute atomic E-state index is 0.266. The molecule has 0 aliphatic carbocycles. The van der Waals surface area contributed by atoms with E-state index in [1.165, 1.54) is 0 Å². The molecular weight excluding hydrogens is 240 g/mol. The minimum Gasteiger partial charge on any atom is -0.507 e. The van der Waals surface area contributed by atoms with Crippen LogP contribution in [-0.2, 0) is 6.42 Å². The molecule has 0 aromatic heterocycles. The summed E-state index contributed by atoms with van der Waals surface area (Å²) in [6.07, 6.45) is 0.684. The Kier molecular flexibility index (Phi) is 3.85. The van der Waals surface area contributed by atoms with Crippen molar-refractivity contribution in [3.05, 3.63) is 59.2 Å². The highest BCUT2D eigenvalue weighted by molar-refractivity contribution is 5.91.